The molecule has 1 aliphatic carbocycles. The lowest BCUT2D eigenvalue weighted by molar-refractivity contribution is 0.0396. The van der Waals surface area contributed by atoms with Crippen LogP contribution in [-0.4, -0.2) is 40.0 Å². The molecule has 6 heteroatoms. The monoisotopic (exact) mass is 302 g/mol. The molecule has 1 aromatic rings. The molecule has 1 heterocycles. The molecule has 0 spiro atoms. The highest BCUT2D eigenvalue weighted by Crippen LogP contribution is 2.37. The molecule has 116 valence electrons. The predicted octanol–water partition coefficient (Wildman–Crippen LogP) is 2.11. The fourth-order valence-electron chi connectivity index (χ4n) is 3.38. The van der Waals surface area contributed by atoms with Gasteiger partial charge in [0.25, 0.3) is 11.8 Å². The summed E-state index contributed by atoms with van der Waals surface area (Å²) in [5.41, 5.74) is 0.804. The number of benzene rings is 1. The first kappa shape index (κ1) is 14.6. The second-order valence-electron chi connectivity index (χ2n) is 5.95. The number of imide groups is 1. The smallest absolute Gasteiger partial charge is 0.404 e. The molecule has 0 saturated heterocycles. The van der Waals surface area contributed by atoms with Crippen molar-refractivity contribution in [3.8, 4) is 0 Å². The lowest BCUT2D eigenvalue weighted by Gasteiger charge is -2.41. The molecule has 1 aliphatic heterocycles. The summed E-state index contributed by atoms with van der Waals surface area (Å²) in [4.78, 5) is 37.4. The Labute approximate surface area is 128 Å². The van der Waals surface area contributed by atoms with E-state index in [0.717, 1.165) is 19.3 Å². The topological polar surface area (TPSA) is 86.7 Å². The van der Waals surface area contributed by atoms with Crippen molar-refractivity contribution in [3.05, 3.63) is 35.4 Å². The lowest BCUT2D eigenvalue weighted by Crippen LogP contribution is -2.56. The predicted molar refractivity (Wildman–Crippen MR) is 78.7 cm³/mol. The van der Waals surface area contributed by atoms with E-state index in [0.29, 0.717) is 11.1 Å². The molecule has 22 heavy (non-hydrogen) atoms. The zero-order valence-electron chi connectivity index (χ0n) is 12.3. The van der Waals surface area contributed by atoms with E-state index in [2.05, 4.69) is 5.32 Å². The number of fused-ring (bicyclic) bond motifs is 1. The number of hydrogen-bond donors (Lipinski definition) is 2. The van der Waals surface area contributed by atoms with E-state index in [9.17, 15) is 14.4 Å². The Bertz CT molecular complexity index is 604. The molecule has 0 bridgehead atoms. The van der Waals surface area contributed by atoms with Crippen LogP contribution < -0.4 is 5.32 Å². The lowest BCUT2D eigenvalue weighted by atomic mass is 9.76. The Morgan fingerprint density at radius 2 is 1.77 bits per heavy atom. The highest BCUT2D eigenvalue weighted by molar-refractivity contribution is 6.21. The maximum atomic E-state index is 12.6. The first-order valence-corrected chi connectivity index (χ1v) is 7.47. The van der Waals surface area contributed by atoms with E-state index in [-0.39, 0.29) is 17.7 Å². The second-order valence-corrected chi connectivity index (χ2v) is 5.95. The zero-order valence-corrected chi connectivity index (χ0v) is 12.3. The summed E-state index contributed by atoms with van der Waals surface area (Å²) in [6.45, 7) is 1.71. The van der Waals surface area contributed by atoms with Crippen molar-refractivity contribution in [1.29, 1.82) is 0 Å². The molecule has 2 aliphatic rings. The van der Waals surface area contributed by atoms with Gasteiger partial charge in [-0.15, -0.1) is 0 Å². The number of carbonyl (C=O) groups excluding carboxylic acids is 2. The van der Waals surface area contributed by atoms with Gasteiger partial charge in [-0.2, -0.15) is 0 Å². The quantitative estimate of drug-likeness (QED) is 0.834. The van der Waals surface area contributed by atoms with Gasteiger partial charge in [0.05, 0.1) is 23.2 Å². The highest BCUT2D eigenvalue weighted by atomic mass is 16.4. The van der Waals surface area contributed by atoms with Crippen LogP contribution in [0.4, 0.5) is 4.79 Å². The van der Waals surface area contributed by atoms with Crippen LogP contribution in [0.5, 0.6) is 0 Å². The van der Waals surface area contributed by atoms with Crippen molar-refractivity contribution in [1.82, 2.24) is 10.2 Å². The second kappa shape index (κ2) is 5.44. The fraction of sp³-hybridized carbons (Fsp3) is 0.438. The number of carboxylic acid groups (broad SMARTS) is 1. The Kier molecular flexibility index (Phi) is 3.60. The minimum absolute atomic E-state index is 0.157. The normalized spacial score (nSPS) is 20.3. The van der Waals surface area contributed by atoms with Gasteiger partial charge in [0, 0.05) is 0 Å². The van der Waals surface area contributed by atoms with Gasteiger partial charge in [-0.1, -0.05) is 18.6 Å². The van der Waals surface area contributed by atoms with Crippen LogP contribution >= 0.6 is 0 Å². The van der Waals surface area contributed by atoms with Crippen molar-refractivity contribution in [2.24, 2.45) is 5.92 Å². The average Bonchev–Trinajstić information content (AvgIpc) is 2.66. The molecular weight excluding hydrogens is 284 g/mol. The summed E-state index contributed by atoms with van der Waals surface area (Å²) in [6, 6.07) is 5.81. The van der Waals surface area contributed by atoms with Gasteiger partial charge in [-0.3, -0.25) is 14.5 Å². The maximum Gasteiger partial charge on any atom is 0.404 e. The molecule has 6 nitrogen and oxygen atoms in total. The summed E-state index contributed by atoms with van der Waals surface area (Å²) < 4.78 is 0. The minimum Gasteiger partial charge on any atom is -0.465 e. The molecule has 1 aromatic carbocycles. The van der Waals surface area contributed by atoms with Crippen molar-refractivity contribution in [2.75, 3.05) is 0 Å². The fourth-order valence-corrected chi connectivity index (χ4v) is 3.38. The third-order valence-corrected chi connectivity index (χ3v) is 4.62. The molecule has 1 saturated carbocycles. The van der Waals surface area contributed by atoms with Gasteiger partial charge in [0.2, 0.25) is 0 Å². The Hall–Kier alpha value is -2.37. The molecule has 2 atom stereocenters. The average molecular weight is 302 g/mol. The zero-order chi connectivity index (χ0) is 15.9. The minimum atomic E-state index is -1.14. The first-order valence-electron chi connectivity index (χ1n) is 7.47. The van der Waals surface area contributed by atoms with Crippen LogP contribution in [0.2, 0.25) is 0 Å². The number of nitrogens with one attached hydrogen (secondary N) is 1. The summed E-state index contributed by atoms with van der Waals surface area (Å²) in [6.07, 6.45) is 1.71. The van der Waals surface area contributed by atoms with Gasteiger partial charge in [-0.25, -0.2) is 4.79 Å². The standard InChI is InChI=1S/C16H18N2O4/c1-9(17-16(21)22)13(10-5-4-6-10)18-14(19)11-7-2-3-8-12(11)15(18)20/h2-3,7-10,13,17H,4-6H2,1H3,(H,21,22)/t9-,13+/m0/s1. The number of rotatable bonds is 4. The molecule has 3 rings (SSSR count). The van der Waals surface area contributed by atoms with Crippen LogP contribution in [0.3, 0.4) is 0 Å². The molecule has 1 fully saturated rings. The Morgan fingerprint density at radius 1 is 1.23 bits per heavy atom. The Balaban J connectivity index is 1.94. The van der Waals surface area contributed by atoms with Gasteiger partial charge in [0.1, 0.15) is 0 Å². The van der Waals surface area contributed by atoms with Crippen molar-refractivity contribution in [2.45, 2.75) is 38.3 Å². The van der Waals surface area contributed by atoms with Crippen LogP contribution in [0.25, 0.3) is 0 Å². The molecule has 3 amide bonds. The van der Waals surface area contributed by atoms with Gasteiger partial charge < -0.3 is 10.4 Å². The number of amides is 3. The van der Waals surface area contributed by atoms with Crippen LogP contribution in [0.1, 0.15) is 46.9 Å². The summed E-state index contributed by atoms with van der Waals surface area (Å²) in [5.74, 6) is -0.489. The largest absolute Gasteiger partial charge is 0.465 e. The van der Waals surface area contributed by atoms with Crippen molar-refractivity contribution >= 4 is 17.9 Å². The van der Waals surface area contributed by atoms with Crippen LogP contribution in [-0.2, 0) is 0 Å². The Morgan fingerprint density at radius 3 is 2.18 bits per heavy atom. The third-order valence-electron chi connectivity index (χ3n) is 4.62. The number of hydrogen-bond acceptors (Lipinski definition) is 3. The SMILES string of the molecule is C[C@H](NC(=O)O)[C@H](C1CCC1)N1C(=O)c2ccccc2C1=O. The molecule has 0 unspecified atom stereocenters. The van der Waals surface area contributed by atoms with E-state index in [4.69, 9.17) is 5.11 Å². The van der Waals surface area contributed by atoms with Gasteiger partial charge in [0.15, 0.2) is 0 Å². The highest BCUT2D eigenvalue weighted by Gasteiger charge is 2.46. The molecule has 0 radical (unpaired) electrons. The number of nitrogens with zero attached hydrogens (tertiary/aromatic N) is 1. The maximum absolute atomic E-state index is 12.6. The van der Waals surface area contributed by atoms with Gasteiger partial charge >= 0.3 is 6.09 Å². The van der Waals surface area contributed by atoms with E-state index in [1.165, 1.54) is 4.90 Å². The van der Waals surface area contributed by atoms with E-state index >= 15 is 0 Å². The summed E-state index contributed by atoms with van der Waals surface area (Å²) in [7, 11) is 0. The first-order chi connectivity index (χ1) is 10.5. The van der Waals surface area contributed by atoms with Gasteiger partial charge in [-0.05, 0) is 37.8 Å². The molecule has 0 aromatic heterocycles. The van der Waals surface area contributed by atoms with Crippen molar-refractivity contribution < 1.29 is 19.5 Å². The van der Waals surface area contributed by atoms with Crippen LogP contribution in [0.15, 0.2) is 24.3 Å². The summed E-state index contributed by atoms with van der Waals surface area (Å²) in [5, 5.41) is 11.4. The summed E-state index contributed by atoms with van der Waals surface area (Å²) >= 11 is 0. The van der Waals surface area contributed by atoms with Crippen LogP contribution in [0, 0.1) is 5.92 Å². The molecular formula is C16H18N2O4. The number of carbonyl (C=O) groups is 3. The van der Waals surface area contributed by atoms with E-state index in [1.54, 1.807) is 31.2 Å². The van der Waals surface area contributed by atoms with E-state index in [1.807, 2.05) is 0 Å². The molecule has 2 N–H and O–H groups in total. The van der Waals surface area contributed by atoms with Crippen molar-refractivity contribution in [3.63, 3.8) is 0 Å². The van der Waals surface area contributed by atoms with E-state index < -0.39 is 18.2 Å². The third kappa shape index (κ3) is 2.24.